The Balaban J connectivity index is 1.82. The molecule has 2 aromatic carbocycles. The third-order valence-corrected chi connectivity index (χ3v) is 5.19. The van der Waals surface area contributed by atoms with E-state index in [1.807, 2.05) is 19.1 Å². The average molecular weight is 347 g/mol. The standard InChI is InChI=1S/C19H14F3OS/c1-13-5-11-16(12-6-13)24(23)18-4-2-3-17(18)14-7-9-15(10-8-14)19(20,21)22/h2-12H,1H3/t24-/m0/s1. The van der Waals surface area contributed by atoms with E-state index in [0.717, 1.165) is 17.7 Å². The van der Waals surface area contributed by atoms with Crippen LogP contribution >= 0.6 is 0 Å². The SMILES string of the molecule is Cc1ccc([S@](=O)[C]2[CH][CH][CH][C]2c2ccc(C(F)(F)F)cc2)cc1. The fraction of sp³-hybridized carbons (Fsp3) is 0.105. The Labute approximate surface area is 142 Å². The van der Waals surface area contributed by atoms with Crippen molar-refractivity contribution >= 4 is 10.8 Å². The Hall–Kier alpha value is -1.62. The van der Waals surface area contributed by atoms with Gasteiger partial charge >= 0.3 is 6.18 Å². The molecule has 1 atom stereocenters. The average Bonchev–Trinajstić information content (AvgIpc) is 3.04. The van der Waals surface area contributed by atoms with Crippen LogP contribution in [0.3, 0.4) is 0 Å². The fourth-order valence-corrected chi connectivity index (χ4v) is 3.66. The van der Waals surface area contributed by atoms with Crippen LogP contribution in [0.25, 0.3) is 0 Å². The molecule has 0 unspecified atom stereocenters. The van der Waals surface area contributed by atoms with Crippen LogP contribution in [0, 0.1) is 37.4 Å². The van der Waals surface area contributed by atoms with E-state index in [9.17, 15) is 17.4 Å². The van der Waals surface area contributed by atoms with Crippen molar-refractivity contribution in [3.8, 4) is 0 Å². The third-order valence-electron chi connectivity index (χ3n) is 3.73. The maximum Gasteiger partial charge on any atom is 0.416 e. The van der Waals surface area contributed by atoms with Gasteiger partial charge in [-0.05, 0) is 56.0 Å². The second kappa shape index (κ2) is 6.71. The summed E-state index contributed by atoms with van der Waals surface area (Å²) in [5, 5.41) is 0.596. The number of halogens is 3. The molecule has 1 aliphatic carbocycles. The summed E-state index contributed by atoms with van der Waals surface area (Å²) in [4.78, 5) is 0.667. The van der Waals surface area contributed by atoms with Crippen LogP contribution in [0.5, 0.6) is 0 Å². The first-order chi connectivity index (χ1) is 11.4. The van der Waals surface area contributed by atoms with Crippen molar-refractivity contribution in [1.29, 1.82) is 0 Å². The van der Waals surface area contributed by atoms with Gasteiger partial charge < -0.3 is 0 Å². The lowest BCUT2D eigenvalue weighted by molar-refractivity contribution is -0.137. The molecule has 1 aliphatic rings. The van der Waals surface area contributed by atoms with E-state index in [0.29, 0.717) is 21.6 Å². The van der Waals surface area contributed by atoms with Crippen molar-refractivity contribution in [1.82, 2.24) is 0 Å². The maximum atomic E-state index is 12.8. The molecule has 0 spiro atoms. The third kappa shape index (κ3) is 3.56. The smallest absolute Gasteiger partial charge is 0.254 e. The first kappa shape index (κ1) is 17.2. The van der Waals surface area contributed by atoms with Crippen LogP contribution in [0.1, 0.15) is 16.7 Å². The maximum absolute atomic E-state index is 12.8. The van der Waals surface area contributed by atoms with Crippen LogP contribution in [0.4, 0.5) is 13.2 Å². The van der Waals surface area contributed by atoms with E-state index in [1.54, 1.807) is 31.4 Å². The number of hydrogen-bond donors (Lipinski definition) is 0. The zero-order valence-electron chi connectivity index (χ0n) is 12.8. The summed E-state index contributed by atoms with van der Waals surface area (Å²) in [5.74, 6) is 0.683. The van der Waals surface area contributed by atoms with Crippen LogP contribution in [0.2, 0.25) is 0 Å². The Morgan fingerprint density at radius 3 is 2.08 bits per heavy atom. The molecule has 1 saturated carbocycles. The molecule has 0 aliphatic heterocycles. The van der Waals surface area contributed by atoms with Gasteiger partial charge in [-0.3, -0.25) is 4.21 Å². The van der Waals surface area contributed by atoms with Gasteiger partial charge in [0.25, 0.3) is 0 Å². The number of aryl methyl sites for hydroxylation is 1. The summed E-state index contributed by atoms with van der Waals surface area (Å²) in [6.45, 7) is 1.95. The summed E-state index contributed by atoms with van der Waals surface area (Å²) >= 11 is 0. The topological polar surface area (TPSA) is 17.1 Å². The Morgan fingerprint density at radius 2 is 1.50 bits per heavy atom. The number of alkyl halides is 3. The number of benzene rings is 2. The molecular weight excluding hydrogens is 333 g/mol. The quantitative estimate of drug-likeness (QED) is 0.772. The minimum atomic E-state index is -4.36. The Kier molecular flexibility index (Phi) is 4.81. The second-order valence-electron chi connectivity index (χ2n) is 5.46. The van der Waals surface area contributed by atoms with Gasteiger partial charge in [-0.25, -0.2) is 0 Å². The van der Waals surface area contributed by atoms with Gasteiger partial charge in [0, 0.05) is 10.8 Å². The van der Waals surface area contributed by atoms with Crippen molar-refractivity contribution in [2.45, 2.75) is 18.0 Å². The molecule has 24 heavy (non-hydrogen) atoms. The number of hydrogen-bond acceptors (Lipinski definition) is 1. The lowest BCUT2D eigenvalue weighted by Gasteiger charge is -2.18. The highest BCUT2D eigenvalue weighted by atomic mass is 32.2. The summed E-state index contributed by atoms with van der Waals surface area (Å²) in [6, 6.07) is 12.3. The summed E-state index contributed by atoms with van der Waals surface area (Å²) in [7, 11) is -1.38. The molecular formula is C19H14F3OS. The lowest BCUT2D eigenvalue weighted by atomic mass is 9.96. The molecule has 1 nitrogen and oxygen atoms in total. The van der Waals surface area contributed by atoms with E-state index in [2.05, 4.69) is 0 Å². The van der Waals surface area contributed by atoms with E-state index in [1.165, 1.54) is 12.1 Å². The highest BCUT2D eigenvalue weighted by Crippen LogP contribution is 2.43. The van der Waals surface area contributed by atoms with Gasteiger partial charge in [0.1, 0.15) is 0 Å². The molecule has 3 rings (SSSR count). The Morgan fingerprint density at radius 1 is 0.875 bits per heavy atom. The molecule has 5 radical (unpaired) electrons. The molecule has 2 aromatic rings. The van der Waals surface area contributed by atoms with E-state index < -0.39 is 22.5 Å². The van der Waals surface area contributed by atoms with Crippen molar-refractivity contribution in [2.75, 3.05) is 0 Å². The zero-order valence-corrected chi connectivity index (χ0v) is 13.6. The van der Waals surface area contributed by atoms with Gasteiger partial charge in [0.2, 0.25) is 0 Å². The van der Waals surface area contributed by atoms with E-state index >= 15 is 0 Å². The molecule has 0 aromatic heterocycles. The normalized spacial score (nSPS) is 18.0. The molecule has 5 heteroatoms. The molecule has 0 amide bonds. The van der Waals surface area contributed by atoms with Crippen molar-refractivity contribution in [3.05, 3.63) is 95.7 Å². The first-order valence-electron chi connectivity index (χ1n) is 7.28. The fourth-order valence-electron chi connectivity index (χ4n) is 2.43. The van der Waals surface area contributed by atoms with Crippen LogP contribution < -0.4 is 0 Å². The molecule has 0 bridgehead atoms. The van der Waals surface area contributed by atoms with Gasteiger partial charge in [0.15, 0.2) is 0 Å². The predicted molar refractivity (Wildman–Crippen MR) is 87.5 cm³/mol. The van der Waals surface area contributed by atoms with Gasteiger partial charge in [-0.2, -0.15) is 13.2 Å². The highest BCUT2D eigenvalue weighted by molar-refractivity contribution is 7.88. The predicted octanol–water partition coefficient (Wildman–Crippen LogP) is 4.90. The lowest BCUT2D eigenvalue weighted by Crippen LogP contribution is -2.13. The highest BCUT2D eigenvalue weighted by Gasteiger charge is 2.37. The van der Waals surface area contributed by atoms with Crippen LogP contribution in [-0.4, -0.2) is 4.21 Å². The van der Waals surface area contributed by atoms with E-state index in [4.69, 9.17) is 0 Å². The van der Waals surface area contributed by atoms with Gasteiger partial charge in [-0.1, -0.05) is 29.8 Å². The van der Waals surface area contributed by atoms with Gasteiger partial charge in [0.05, 0.1) is 21.6 Å². The summed E-state index contributed by atoms with van der Waals surface area (Å²) in [6.07, 6.45) is 0.902. The zero-order chi connectivity index (χ0) is 17.3. The second-order valence-corrected chi connectivity index (χ2v) is 6.91. The molecule has 0 heterocycles. The van der Waals surface area contributed by atoms with E-state index in [-0.39, 0.29) is 0 Å². The minimum absolute atomic E-state index is 0.596. The molecule has 0 saturated heterocycles. The van der Waals surface area contributed by atoms with Crippen molar-refractivity contribution < 1.29 is 17.4 Å². The van der Waals surface area contributed by atoms with Crippen LogP contribution in [-0.2, 0) is 17.0 Å². The van der Waals surface area contributed by atoms with Crippen molar-refractivity contribution in [3.63, 3.8) is 0 Å². The first-order valence-corrected chi connectivity index (χ1v) is 8.43. The van der Waals surface area contributed by atoms with Gasteiger partial charge in [-0.15, -0.1) is 0 Å². The molecule has 0 N–H and O–H groups in total. The monoisotopic (exact) mass is 347 g/mol. The minimum Gasteiger partial charge on any atom is -0.254 e. The number of rotatable bonds is 3. The molecule has 1 fully saturated rings. The Bertz CT molecular complexity index is 720. The van der Waals surface area contributed by atoms with Crippen molar-refractivity contribution in [2.24, 2.45) is 0 Å². The summed E-state index contributed by atoms with van der Waals surface area (Å²) in [5.41, 5.74) is 0.990. The largest absolute Gasteiger partial charge is 0.416 e. The summed E-state index contributed by atoms with van der Waals surface area (Å²) < 4.78 is 50.8. The van der Waals surface area contributed by atoms with Crippen LogP contribution in [0.15, 0.2) is 53.4 Å². The molecule has 123 valence electrons.